The number of methoxy groups -OCH3 is 1. The zero-order chi connectivity index (χ0) is 17.0. The molecule has 1 aromatic rings. The summed E-state index contributed by atoms with van der Waals surface area (Å²) in [7, 11) is -2.03. The molecule has 6 nitrogen and oxygen atoms in total. The molecule has 0 saturated carbocycles. The van der Waals surface area contributed by atoms with Gasteiger partial charge < -0.3 is 14.2 Å². The Kier molecular flexibility index (Phi) is 10.1. The Bertz CT molecular complexity index is 512. The van der Waals surface area contributed by atoms with Crippen molar-refractivity contribution in [2.24, 2.45) is 0 Å². The van der Waals surface area contributed by atoms with Gasteiger partial charge in [0.1, 0.15) is 0 Å². The van der Waals surface area contributed by atoms with Crippen molar-refractivity contribution in [2.45, 2.75) is 24.7 Å². The molecule has 1 rings (SSSR count). The van der Waals surface area contributed by atoms with E-state index >= 15 is 0 Å². The van der Waals surface area contributed by atoms with Gasteiger partial charge in [0, 0.05) is 20.3 Å². The Morgan fingerprint density at radius 3 is 2.04 bits per heavy atom. The molecule has 0 unspecified atom stereocenters. The second kappa shape index (κ2) is 11.5. The lowest BCUT2D eigenvalue weighted by atomic mass is 10.2. The van der Waals surface area contributed by atoms with E-state index in [-0.39, 0.29) is 18.1 Å². The molecular weight excluding hydrogens is 320 g/mol. The highest BCUT2D eigenvalue weighted by Gasteiger charge is 2.14. The minimum absolute atomic E-state index is 0.00987. The van der Waals surface area contributed by atoms with Gasteiger partial charge in [0.05, 0.1) is 31.3 Å². The third-order valence-electron chi connectivity index (χ3n) is 3.03. The average Bonchev–Trinajstić information content (AvgIpc) is 2.53. The monoisotopic (exact) mass is 346 g/mol. The Balaban J connectivity index is 2.05. The molecule has 0 atom stereocenters. The Morgan fingerprint density at radius 1 is 0.826 bits per heavy atom. The molecular formula is C16H26O6S. The lowest BCUT2D eigenvalue weighted by Gasteiger charge is -2.07. The van der Waals surface area contributed by atoms with Crippen molar-refractivity contribution in [3.8, 4) is 0 Å². The summed E-state index contributed by atoms with van der Waals surface area (Å²) in [5, 5.41) is 0. The molecule has 0 saturated heterocycles. The van der Waals surface area contributed by atoms with Crippen molar-refractivity contribution in [1.82, 2.24) is 0 Å². The summed E-state index contributed by atoms with van der Waals surface area (Å²) >= 11 is 0. The Labute approximate surface area is 138 Å². The zero-order valence-corrected chi connectivity index (χ0v) is 14.6. The van der Waals surface area contributed by atoms with Gasteiger partial charge >= 0.3 is 0 Å². The molecule has 0 fully saturated rings. The first kappa shape index (κ1) is 20.1. The summed E-state index contributed by atoms with van der Waals surface area (Å²) in [6.07, 6.45) is 1.92. The molecule has 23 heavy (non-hydrogen) atoms. The van der Waals surface area contributed by atoms with E-state index in [1.165, 1.54) is 12.1 Å². The van der Waals surface area contributed by atoms with Crippen LogP contribution in [0.5, 0.6) is 0 Å². The fourth-order valence-electron chi connectivity index (χ4n) is 1.75. The molecule has 132 valence electrons. The van der Waals surface area contributed by atoms with Gasteiger partial charge in [0.2, 0.25) is 0 Å². The summed E-state index contributed by atoms with van der Waals surface area (Å²) in [5.74, 6) is 0. The topological polar surface area (TPSA) is 71.1 Å². The molecule has 0 heterocycles. The summed E-state index contributed by atoms with van der Waals surface area (Å²) < 4.78 is 44.3. The highest BCUT2D eigenvalue weighted by atomic mass is 32.2. The predicted octanol–water partition coefficient (Wildman–Crippen LogP) is 2.16. The first-order valence-corrected chi connectivity index (χ1v) is 9.07. The van der Waals surface area contributed by atoms with E-state index in [0.29, 0.717) is 19.8 Å². The number of hydrogen-bond acceptors (Lipinski definition) is 6. The minimum Gasteiger partial charge on any atom is -0.385 e. The summed E-state index contributed by atoms with van der Waals surface area (Å²) in [5.41, 5.74) is 0.995. The van der Waals surface area contributed by atoms with Crippen molar-refractivity contribution in [2.75, 3.05) is 46.8 Å². The number of unbranched alkanes of at least 4 members (excludes halogenated alkanes) is 1. The molecule has 0 N–H and O–H groups in total. The fraction of sp³-hybridized carbons (Fsp3) is 0.625. The lowest BCUT2D eigenvalue weighted by Crippen LogP contribution is -2.13. The summed E-state index contributed by atoms with van der Waals surface area (Å²) in [6, 6.07) is 6.53. The van der Waals surface area contributed by atoms with E-state index in [4.69, 9.17) is 18.4 Å². The molecule has 0 bridgehead atoms. The van der Waals surface area contributed by atoms with Gasteiger partial charge in [-0.3, -0.25) is 4.18 Å². The minimum atomic E-state index is -3.71. The van der Waals surface area contributed by atoms with E-state index in [9.17, 15) is 8.42 Å². The SMILES string of the molecule is COCCCCOCCOCCOS(=O)(=O)c1ccc(C)cc1. The third-order valence-corrected chi connectivity index (χ3v) is 4.36. The van der Waals surface area contributed by atoms with Crippen LogP contribution in [0.4, 0.5) is 0 Å². The van der Waals surface area contributed by atoms with Crippen molar-refractivity contribution in [3.05, 3.63) is 29.8 Å². The predicted molar refractivity (Wildman–Crippen MR) is 87.1 cm³/mol. The van der Waals surface area contributed by atoms with Gasteiger partial charge in [-0.2, -0.15) is 8.42 Å². The van der Waals surface area contributed by atoms with Crippen LogP contribution in [0.15, 0.2) is 29.2 Å². The van der Waals surface area contributed by atoms with Crippen LogP contribution in [-0.4, -0.2) is 55.2 Å². The van der Waals surface area contributed by atoms with Gasteiger partial charge in [-0.25, -0.2) is 0 Å². The third kappa shape index (κ3) is 9.02. The molecule has 0 aliphatic carbocycles. The fourth-order valence-corrected chi connectivity index (χ4v) is 2.64. The zero-order valence-electron chi connectivity index (χ0n) is 13.8. The largest absolute Gasteiger partial charge is 0.385 e. The normalized spacial score (nSPS) is 11.7. The van der Waals surface area contributed by atoms with Crippen LogP contribution in [0.2, 0.25) is 0 Å². The van der Waals surface area contributed by atoms with Crippen LogP contribution in [0.1, 0.15) is 18.4 Å². The molecule has 1 aromatic carbocycles. The summed E-state index contributed by atoms with van der Waals surface area (Å²) in [6.45, 7) is 4.40. The van der Waals surface area contributed by atoms with E-state index in [1.807, 2.05) is 6.92 Å². The van der Waals surface area contributed by atoms with Crippen molar-refractivity contribution >= 4 is 10.1 Å². The second-order valence-corrected chi connectivity index (χ2v) is 6.63. The first-order valence-electron chi connectivity index (χ1n) is 7.67. The van der Waals surface area contributed by atoms with Gasteiger partial charge in [-0.15, -0.1) is 0 Å². The highest BCUT2D eigenvalue weighted by molar-refractivity contribution is 7.86. The molecule has 0 radical (unpaired) electrons. The van der Waals surface area contributed by atoms with Crippen LogP contribution >= 0.6 is 0 Å². The number of ether oxygens (including phenoxy) is 3. The standard InChI is InChI=1S/C16H26O6S/c1-15-5-7-16(8-6-15)23(17,18)22-14-13-21-12-11-20-10-4-3-9-19-2/h5-8H,3-4,9-14H2,1-2H3. The van der Waals surface area contributed by atoms with Crippen LogP contribution in [0, 0.1) is 6.92 Å². The number of rotatable bonds is 13. The van der Waals surface area contributed by atoms with E-state index in [2.05, 4.69) is 0 Å². The average molecular weight is 346 g/mol. The van der Waals surface area contributed by atoms with Gasteiger partial charge in [0.15, 0.2) is 0 Å². The van der Waals surface area contributed by atoms with E-state index in [0.717, 1.165) is 25.0 Å². The van der Waals surface area contributed by atoms with Crippen LogP contribution in [0.3, 0.4) is 0 Å². The summed E-state index contributed by atoms with van der Waals surface area (Å²) in [4.78, 5) is 0.155. The molecule has 7 heteroatoms. The number of aryl methyl sites for hydroxylation is 1. The van der Waals surface area contributed by atoms with Gasteiger partial charge in [-0.1, -0.05) is 17.7 Å². The quantitative estimate of drug-likeness (QED) is 0.403. The number of benzene rings is 1. The van der Waals surface area contributed by atoms with Gasteiger partial charge in [0.25, 0.3) is 10.1 Å². The second-order valence-electron chi connectivity index (χ2n) is 5.01. The molecule has 0 aliphatic rings. The smallest absolute Gasteiger partial charge is 0.297 e. The maximum atomic E-state index is 11.9. The maximum absolute atomic E-state index is 11.9. The van der Waals surface area contributed by atoms with E-state index in [1.54, 1.807) is 19.2 Å². The molecule has 0 aromatic heterocycles. The van der Waals surface area contributed by atoms with Crippen LogP contribution < -0.4 is 0 Å². The molecule has 0 amide bonds. The maximum Gasteiger partial charge on any atom is 0.297 e. The van der Waals surface area contributed by atoms with Crippen molar-refractivity contribution < 1.29 is 26.8 Å². The van der Waals surface area contributed by atoms with Crippen molar-refractivity contribution in [1.29, 1.82) is 0 Å². The molecule has 0 spiro atoms. The van der Waals surface area contributed by atoms with Crippen molar-refractivity contribution in [3.63, 3.8) is 0 Å². The van der Waals surface area contributed by atoms with E-state index < -0.39 is 10.1 Å². The van der Waals surface area contributed by atoms with Crippen LogP contribution in [-0.2, 0) is 28.5 Å². The highest BCUT2D eigenvalue weighted by Crippen LogP contribution is 2.12. The Morgan fingerprint density at radius 2 is 1.39 bits per heavy atom. The molecule has 0 aliphatic heterocycles. The first-order chi connectivity index (χ1) is 11.1. The Hall–Kier alpha value is -0.990. The lowest BCUT2D eigenvalue weighted by molar-refractivity contribution is 0.0346. The van der Waals surface area contributed by atoms with Crippen LogP contribution in [0.25, 0.3) is 0 Å². The number of hydrogen-bond donors (Lipinski definition) is 0. The van der Waals surface area contributed by atoms with Gasteiger partial charge in [-0.05, 0) is 31.9 Å².